The Morgan fingerprint density at radius 1 is 1.53 bits per heavy atom. The van der Waals surface area contributed by atoms with Gasteiger partial charge in [0.2, 0.25) is 5.91 Å². The molecular formula is C12H25N3O2. The number of nitrogens with two attached hydrogens (primary N) is 1. The fraction of sp³-hybridized carbons (Fsp3) is 0.917. The van der Waals surface area contributed by atoms with Crippen molar-refractivity contribution >= 4 is 5.91 Å². The number of hydrogen-bond donors (Lipinski definition) is 2. The molecule has 1 fully saturated rings. The van der Waals surface area contributed by atoms with Crippen LogP contribution in [0.5, 0.6) is 0 Å². The van der Waals surface area contributed by atoms with Gasteiger partial charge in [0.05, 0.1) is 5.54 Å². The zero-order valence-electron chi connectivity index (χ0n) is 11.4. The van der Waals surface area contributed by atoms with E-state index in [0.29, 0.717) is 19.6 Å². The number of likely N-dealkylation sites (N-methyl/N-ethyl adjacent to an activating group) is 1. The molecule has 1 aliphatic rings. The standard InChI is InChI=1S/C12H25N3O2/c1-5-6-15-8-12(17,9-15)7-14(4)11(2,3)10(13)16/h17H,5-9H2,1-4H3,(H2,13,16). The lowest BCUT2D eigenvalue weighted by Crippen LogP contribution is -2.68. The average molecular weight is 243 g/mol. The summed E-state index contributed by atoms with van der Waals surface area (Å²) in [6.45, 7) is 8.54. The highest BCUT2D eigenvalue weighted by Gasteiger charge is 2.44. The van der Waals surface area contributed by atoms with Crippen molar-refractivity contribution in [2.75, 3.05) is 33.2 Å². The first kappa shape index (κ1) is 14.4. The van der Waals surface area contributed by atoms with Crippen molar-refractivity contribution in [2.45, 2.75) is 38.3 Å². The molecule has 0 unspecified atom stereocenters. The highest BCUT2D eigenvalue weighted by Crippen LogP contribution is 2.24. The van der Waals surface area contributed by atoms with E-state index in [0.717, 1.165) is 13.0 Å². The Hall–Kier alpha value is -0.650. The second kappa shape index (κ2) is 4.92. The van der Waals surface area contributed by atoms with E-state index in [1.54, 1.807) is 13.8 Å². The van der Waals surface area contributed by atoms with Crippen LogP contribution in [-0.4, -0.2) is 65.2 Å². The van der Waals surface area contributed by atoms with Crippen LogP contribution in [0.1, 0.15) is 27.2 Å². The van der Waals surface area contributed by atoms with E-state index >= 15 is 0 Å². The number of rotatable bonds is 6. The molecule has 0 aromatic heterocycles. The molecule has 1 amide bonds. The number of primary amides is 1. The van der Waals surface area contributed by atoms with Crippen LogP contribution in [0.15, 0.2) is 0 Å². The predicted octanol–water partition coefficient (Wildman–Crippen LogP) is -0.361. The largest absolute Gasteiger partial charge is 0.386 e. The molecule has 0 saturated carbocycles. The zero-order valence-corrected chi connectivity index (χ0v) is 11.4. The van der Waals surface area contributed by atoms with Crippen molar-refractivity contribution in [3.05, 3.63) is 0 Å². The molecule has 1 rings (SSSR count). The fourth-order valence-electron chi connectivity index (χ4n) is 2.19. The van der Waals surface area contributed by atoms with Crippen LogP contribution in [0.25, 0.3) is 0 Å². The molecule has 1 heterocycles. The van der Waals surface area contributed by atoms with E-state index in [-0.39, 0.29) is 5.91 Å². The summed E-state index contributed by atoms with van der Waals surface area (Å²) in [5.74, 6) is -0.367. The first-order chi connectivity index (χ1) is 7.71. The third-order valence-electron chi connectivity index (χ3n) is 3.66. The maximum atomic E-state index is 11.3. The SMILES string of the molecule is CCCN1CC(O)(CN(C)C(C)(C)C(N)=O)C1. The summed E-state index contributed by atoms with van der Waals surface area (Å²) in [4.78, 5) is 15.4. The van der Waals surface area contributed by atoms with Gasteiger partial charge < -0.3 is 10.8 Å². The first-order valence-corrected chi connectivity index (χ1v) is 6.17. The van der Waals surface area contributed by atoms with E-state index in [9.17, 15) is 9.90 Å². The molecule has 17 heavy (non-hydrogen) atoms. The minimum Gasteiger partial charge on any atom is -0.386 e. The van der Waals surface area contributed by atoms with E-state index < -0.39 is 11.1 Å². The van der Waals surface area contributed by atoms with Crippen molar-refractivity contribution < 1.29 is 9.90 Å². The Labute approximate surface area is 104 Å². The van der Waals surface area contributed by atoms with Crippen molar-refractivity contribution in [1.29, 1.82) is 0 Å². The minimum absolute atomic E-state index is 0.367. The van der Waals surface area contributed by atoms with Crippen LogP contribution in [0, 0.1) is 0 Å². The normalized spacial score (nSPS) is 20.4. The lowest BCUT2D eigenvalue weighted by molar-refractivity contribution is -0.138. The molecule has 5 heteroatoms. The second-order valence-corrected chi connectivity index (χ2v) is 5.71. The molecule has 1 saturated heterocycles. The van der Waals surface area contributed by atoms with Crippen LogP contribution in [-0.2, 0) is 4.79 Å². The van der Waals surface area contributed by atoms with Gasteiger partial charge in [-0.25, -0.2) is 0 Å². The Morgan fingerprint density at radius 3 is 2.47 bits per heavy atom. The number of carbonyl (C=O) groups is 1. The summed E-state index contributed by atoms with van der Waals surface area (Å²) in [5.41, 5.74) is 3.93. The molecular weight excluding hydrogens is 218 g/mol. The molecule has 5 nitrogen and oxygen atoms in total. The summed E-state index contributed by atoms with van der Waals surface area (Å²) in [6.07, 6.45) is 1.10. The van der Waals surface area contributed by atoms with Gasteiger partial charge in [0, 0.05) is 19.6 Å². The average Bonchev–Trinajstić information content (AvgIpc) is 2.15. The Bertz CT molecular complexity index is 285. The second-order valence-electron chi connectivity index (χ2n) is 5.71. The lowest BCUT2D eigenvalue weighted by atomic mass is 9.91. The third-order valence-corrected chi connectivity index (χ3v) is 3.66. The first-order valence-electron chi connectivity index (χ1n) is 6.17. The quantitative estimate of drug-likeness (QED) is 0.668. The third kappa shape index (κ3) is 3.18. The number of hydrogen-bond acceptors (Lipinski definition) is 4. The zero-order chi connectivity index (χ0) is 13.3. The van der Waals surface area contributed by atoms with Crippen molar-refractivity contribution in [2.24, 2.45) is 5.73 Å². The number of nitrogens with zero attached hydrogens (tertiary/aromatic N) is 2. The molecule has 1 aliphatic heterocycles. The summed E-state index contributed by atoms with van der Waals surface area (Å²) in [7, 11) is 1.82. The van der Waals surface area contributed by atoms with Gasteiger partial charge in [-0.05, 0) is 33.9 Å². The Kier molecular flexibility index (Phi) is 4.17. The maximum absolute atomic E-state index is 11.3. The molecule has 100 valence electrons. The minimum atomic E-state index is -0.721. The summed E-state index contributed by atoms with van der Waals surface area (Å²) in [6, 6.07) is 0. The van der Waals surface area contributed by atoms with Gasteiger partial charge in [-0.1, -0.05) is 6.92 Å². The molecule has 0 atom stereocenters. The number of carbonyl (C=O) groups excluding carboxylic acids is 1. The van der Waals surface area contributed by atoms with Crippen molar-refractivity contribution in [3.8, 4) is 0 Å². The van der Waals surface area contributed by atoms with Crippen LogP contribution in [0.4, 0.5) is 0 Å². The summed E-state index contributed by atoms with van der Waals surface area (Å²) >= 11 is 0. The highest BCUT2D eigenvalue weighted by atomic mass is 16.3. The monoisotopic (exact) mass is 243 g/mol. The van der Waals surface area contributed by atoms with Crippen LogP contribution in [0.2, 0.25) is 0 Å². The topological polar surface area (TPSA) is 69.8 Å². The molecule has 0 radical (unpaired) electrons. The van der Waals surface area contributed by atoms with Crippen LogP contribution < -0.4 is 5.73 Å². The molecule has 0 aromatic carbocycles. The summed E-state index contributed by atoms with van der Waals surface area (Å²) in [5, 5.41) is 10.3. The number of aliphatic hydroxyl groups is 1. The van der Waals surface area contributed by atoms with Crippen LogP contribution >= 0.6 is 0 Å². The fourth-order valence-corrected chi connectivity index (χ4v) is 2.19. The van der Waals surface area contributed by atoms with Gasteiger partial charge in [0.15, 0.2) is 0 Å². The molecule has 0 aromatic rings. The van der Waals surface area contributed by atoms with Gasteiger partial charge in [-0.3, -0.25) is 14.6 Å². The van der Waals surface area contributed by atoms with Gasteiger partial charge >= 0.3 is 0 Å². The van der Waals surface area contributed by atoms with Gasteiger partial charge in [-0.2, -0.15) is 0 Å². The Balaban J connectivity index is 2.48. The lowest BCUT2D eigenvalue weighted by Gasteiger charge is -2.49. The number of amides is 1. The van der Waals surface area contributed by atoms with E-state index in [2.05, 4.69) is 11.8 Å². The van der Waals surface area contributed by atoms with Gasteiger partial charge in [-0.15, -0.1) is 0 Å². The number of β-amino-alcohol motifs (C(OH)–C–C–N with tert-alkyl or cyclic N) is 1. The van der Waals surface area contributed by atoms with Gasteiger partial charge in [0.1, 0.15) is 5.60 Å². The highest BCUT2D eigenvalue weighted by molar-refractivity contribution is 5.83. The number of likely N-dealkylation sites (tertiary alicyclic amines) is 1. The van der Waals surface area contributed by atoms with E-state index in [1.807, 2.05) is 11.9 Å². The Morgan fingerprint density at radius 2 is 2.06 bits per heavy atom. The van der Waals surface area contributed by atoms with Gasteiger partial charge in [0.25, 0.3) is 0 Å². The molecule has 0 bridgehead atoms. The predicted molar refractivity (Wildman–Crippen MR) is 67.6 cm³/mol. The molecule has 0 aliphatic carbocycles. The van der Waals surface area contributed by atoms with E-state index in [1.165, 1.54) is 0 Å². The van der Waals surface area contributed by atoms with E-state index in [4.69, 9.17) is 5.73 Å². The maximum Gasteiger partial charge on any atom is 0.237 e. The smallest absolute Gasteiger partial charge is 0.237 e. The van der Waals surface area contributed by atoms with Crippen molar-refractivity contribution in [3.63, 3.8) is 0 Å². The molecule has 3 N–H and O–H groups in total. The summed E-state index contributed by atoms with van der Waals surface area (Å²) < 4.78 is 0. The van der Waals surface area contributed by atoms with Crippen molar-refractivity contribution in [1.82, 2.24) is 9.80 Å². The molecule has 0 spiro atoms. The van der Waals surface area contributed by atoms with Crippen LogP contribution in [0.3, 0.4) is 0 Å².